The predicted octanol–water partition coefficient (Wildman–Crippen LogP) is 3.06. The summed E-state index contributed by atoms with van der Waals surface area (Å²) >= 11 is 0. The molecule has 124 valence electrons. The molecule has 0 bridgehead atoms. The third-order valence-corrected chi connectivity index (χ3v) is 3.90. The van der Waals surface area contributed by atoms with Crippen LogP contribution in [-0.2, 0) is 9.53 Å². The van der Waals surface area contributed by atoms with E-state index in [0.29, 0.717) is 19.4 Å². The summed E-state index contributed by atoms with van der Waals surface area (Å²) in [4.78, 5) is 12.3. The van der Waals surface area contributed by atoms with Crippen molar-refractivity contribution in [3.63, 3.8) is 0 Å². The quantitative estimate of drug-likeness (QED) is 0.748. The van der Waals surface area contributed by atoms with Crippen LogP contribution in [0, 0.1) is 0 Å². The number of carboxylic acids is 1. The maximum Gasteiger partial charge on any atom is 0.416 e. The zero-order chi connectivity index (χ0) is 16.0. The molecule has 1 saturated heterocycles. The van der Waals surface area contributed by atoms with Crippen LogP contribution in [-0.4, -0.2) is 53.5 Å². The molecule has 3 atom stereocenters. The van der Waals surface area contributed by atoms with E-state index >= 15 is 0 Å². The molecule has 1 rings (SSSR count). The second-order valence-corrected chi connectivity index (χ2v) is 5.56. The van der Waals surface area contributed by atoms with Crippen molar-refractivity contribution >= 4 is 5.97 Å². The first-order chi connectivity index (χ1) is 9.77. The van der Waals surface area contributed by atoms with Gasteiger partial charge >= 0.3 is 12.1 Å². The van der Waals surface area contributed by atoms with E-state index in [9.17, 15) is 18.0 Å². The van der Waals surface area contributed by atoms with Crippen molar-refractivity contribution in [2.75, 3.05) is 13.2 Å². The lowest BCUT2D eigenvalue weighted by molar-refractivity contribution is -0.237. The van der Waals surface area contributed by atoms with Gasteiger partial charge in [0.25, 0.3) is 0 Å². The molecule has 4 nitrogen and oxygen atoms in total. The maximum atomic E-state index is 13.2. The lowest BCUT2D eigenvalue weighted by atomic mass is 10.0. The first kappa shape index (κ1) is 18.2. The van der Waals surface area contributed by atoms with Gasteiger partial charge in [0.1, 0.15) is 0 Å². The summed E-state index contributed by atoms with van der Waals surface area (Å²) in [7, 11) is 0. The van der Waals surface area contributed by atoms with Crippen molar-refractivity contribution in [1.29, 1.82) is 0 Å². The molecule has 1 aliphatic rings. The van der Waals surface area contributed by atoms with Crippen LogP contribution in [0.3, 0.4) is 0 Å². The van der Waals surface area contributed by atoms with Crippen molar-refractivity contribution in [3.8, 4) is 0 Å². The molecule has 1 N–H and O–H groups in total. The highest BCUT2D eigenvalue weighted by Crippen LogP contribution is 2.34. The van der Waals surface area contributed by atoms with E-state index in [2.05, 4.69) is 0 Å². The number of nitrogens with zero attached hydrogens (tertiary/aromatic N) is 1. The van der Waals surface area contributed by atoms with Crippen LogP contribution in [0.2, 0.25) is 0 Å². The molecule has 0 aromatic carbocycles. The number of rotatable bonds is 8. The summed E-state index contributed by atoms with van der Waals surface area (Å²) in [6.07, 6.45) is -3.88. The lowest BCUT2D eigenvalue weighted by Gasteiger charge is -2.36. The number of hydrogen-bond donors (Lipinski definition) is 1. The fraction of sp³-hybridized carbons (Fsp3) is 0.929. The van der Waals surface area contributed by atoms with Crippen LogP contribution in [0.1, 0.15) is 46.0 Å². The molecule has 0 aliphatic carbocycles. The Labute approximate surface area is 123 Å². The fourth-order valence-electron chi connectivity index (χ4n) is 2.97. The molecule has 0 amide bonds. The minimum atomic E-state index is -4.47. The van der Waals surface area contributed by atoms with E-state index in [0.717, 1.165) is 12.8 Å². The number of halogens is 3. The van der Waals surface area contributed by atoms with Gasteiger partial charge < -0.3 is 9.84 Å². The molecule has 1 unspecified atom stereocenters. The fourth-order valence-corrected chi connectivity index (χ4v) is 2.97. The normalized spacial score (nSPS) is 23.2. The molecule has 0 radical (unpaired) electrons. The van der Waals surface area contributed by atoms with Gasteiger partial charge in [-0.1, -0.05) is 13.3 Å². The van der Waals surface area contributed by atoms with Crippen molar-refractivity contribution < 1.29 is 27.8 Å². The number of carbonyl (C=O) groups is 1. The van der Waals surface area contributed by atoms with Gasteiger partial charge in [-0.3, -0.25) is 9.69 Å². The Hall–Kier alpha value is -0.820. The SMILES string of the molecule is CCCC(C)N1CCC[C@H]1[C@H](OCCC(=O)O)C(F)(F)F. The summed E-state index contributed by atoms with van der Waals surface area (Å²) in [5.41, 5.74) is 0. The van der Waals surface area contributed by atoms with Crippen molar-refractivity contribution in [3.05, 3.63) is 0 Å². The maximum absolute atomic E-state index is 13.2. The van der Waals surface area contributed by atoms with E-state index < -0.39 is 37.3 Å². The van der Waals surface area contributed by atoms with Gasteiger partial charge in [-0.05, 0) is 32.7 Å². The van der Waals surface area contributed by atoms with Gasteiger partial charge in [-0.15, -0.1) is 0 Å². The highest BCUT2D eigenvalue weighted by atomic mass is 19.4. The Balaban J connectivity index is 2.74. The molecule has 0 aromatic heterocycles. The van der Waals surface area contributed by atoms with E-state index in [-0.39, 0.29) is 6.04 Å². The van der Waals surface area contributed by atoms with Crippen molar-refractivity contribution in [2.24, 2.45) is 0 Å². The summed E-state index contributed by atoms with van der Waals surface area (Å²) < 4.78 is 44.6. The standard InChI is InChI=1S/C14H24F3NO3/c1-3-5-10(2)18-8-4-6-11(18)13(14(15,16)17)21-9-7-12(19)20/h10-11,13H,3-9H2,1-2H3,(H,19,20)/t10?,11-,13-/m0/s1. The van der Waals surface area contributed by atoms with Gasteiger partial charge in [0.05, 0.1) is 13.0 Å². The number of likely N-dealkylation sites (tertiary alicyclic amines) is 1. The molecule has 0 spiro atoms. The highest BCUT2D eigenvalue weighted by Gasteiger charge is 2.49. The monoisotopic (exact) mass is 311 g/mol. The Bertz CT molecular complexity index is 336. The summed E-state index contributed by atoms with van der Waals surface area (Å²) in [6.45, 7) is 4.17. The van der Waals surface area contributed by atoms with Crippen molar-refractivity contribution in [1.82, 2.24) is 4.90 Å². The highest BCUT2D eigenvalue weighted by molar-refractivity contribution is 5.66. The molecule has 7 heteroatoms. The van der Waals surface area contributed by atoms with Crippen LogP contribution in [0.25, 0.3) is 0 Å². The van der Waals surface area contributed by atoms with Gasteiger partial charge in [0, 0.05) is 12.1 Å². The third kappa shape index (κ3) is 5.47. The Morgan fingerprint density at radius 3 is 2.67 bits per heavy atom. The summed E-state index contributed by atoms with van der Waals surface area (Å²) in [5.74, 6) is -1.15. The van der Waals surface area contributed by atoms with Gasteiger partial charge in [-0.25, -0.2) is 0 Å². The van der Waals surface area contributed by atoms with Crippen molar-refractivity contribution in [2.45, 2.75) is 70.3 Å². The van der Waals surface area contributed by atoms with Gasteiger partial charge in [-0.2, -0.15) is 13.2 Å². The first-order valence-corrected chi connectivity index (χ1v) is 7.43. The number of carboxylic acid groups (broad SMARTS) is 1. The summed E-state index contributed by atoms with van der Waals surface area (Å²) in [5, 5.41) is 8.53. The van der Waals surface area contributed by atoms with Gasteiger partial charge in [0.15, 0.2) is 6.10 Å². The van der Waals surface area contributed by atoms with E-state index in [1.165, 1.54) is 0 Å². The average molecular weight is 311 g/mol. The number of hydrogen-bond acceptors (Lipinski definition) is 3. The van der Waals surface area contributed by atoms with Crippen LogP contribution in [0.15, 0.2) is 0 Å². The number of alkyl halides is 3. The predicted molar refractivity (Wildman–Crippen MR) is 72.1 cm³/mol. The molecule has 1 heterocycles. The Kier molecular flexibility index (Phi) is 6.93. The first-order valence-electron chi connectivity index (χ1n) is 7.43. The largest absolute Gasteiger partial charge is 0.481 e. The average Bonchev–Trinajstić information content (AvgIpc) is 2.81. The second kappa shape index (κ2) is 7.98. The molecular formula is C14H24F3NO3. The van der Waals surface area contributed by atoms with E-state index in [1.54, 1.807) is 0 Å². The molecule has 1 aliphatic heterocycles. The molecular weight excluding hydrogens is 287 g/mol. The third-order valence-electron chi connectivity index (χ3n) is 3.90. The van der Waals surface area contributed by atoms with Crippen LogP contribution in [0.4, 0.5) is 13.2 Å². The van der Waals surface area contributed by atoms with Crippen LogP contribution in [0.5, 0.6) is 0 Å². The number of ether oxygens (including phenoxy) is 1. The Morgan fingerprint density at radius 2 is 2.14 bits per heavy atom. The molecule has 0 aromatic rings. The van der Waals surface area contributed by atoms with Crippen LogP contribution < -0.4 is 0 Å². The van der Waals surface area contributed by atoms with E-state index in [4.69, 9.17) is 9.84 Å². The van der Waals surface area contributed by atoms with E-state index in [1.807, 2.05) is 18.7 Å². The topological polar surface area (TPSA) is 49.8 Å². The van der Waals surface area contributed by atoms with Gasteiger partial charge in [0.2, 0.25) is 0 Å². The molecule has 0 saturated carbocycles. The minimum Gasteiger partial charge on any atom is -0.481 e. The molecule has 21 heavy (non-hydrogen) atoms. The Morgan fingerprint density at radius 1 is 1.48 bits per heavy atom. The number of aliphatic carboxylic acids is 1. The zero-order valence-electron chi connectivity index (χ0n) is 12.5. The summed E-state index contributed by atoms with van der Waals surface area (Å²) in [6, 6.07) is -0.629. The lowest BCUT2D eigenvalue weighted by Crippen LogP contribution is -2.51. The zero-order valence-corrected chi connectivity index (χ0v) is 12.5. The second-order valence-electron chi connectivity index (χ2n) is 5.56. The minimum absolute atomic E-state index is 0.0791. The molecule has 1 fully saturated rings. The van der Waals surface area contributed by atoms with Crippen LogP contribution >= 0.6 is 0 Å². The smallest absolute Gasteiger partial charge is 0.416 e.